The summed E-state index contributed by atoms with van der Waals surface area (Å²) in [7, 11) is 1.52. The predicted molar refractivity (Wildman–Crippen MR) is 130 cm³/mol. The van der Waals surface area contributed by atoms with Gasteiger partial charge in [0.1, 0.15) is 18.0 Å². The van der Waals surface area contributed by atoms with Crippen LogP contribution in [0.1, 0.15) is 37.8 Å². The van der Waals surface area contributed by atoms with Gasteiger partial charge in [-0.2, -0.15) is 0 Å². The number of hydrogen-bond acceptors (Lipinski definition) is 6. The van der Waals surface area contributed by atoms with Crippen molar-refractivity contribution in [3.63, 3.8) is 0 Å². The van der Waals surface area contributed by atoms with E-state index < -0.39 is 47.9 Å². The zero-order chi connectivity index (χ0) is 26.1. The van der Waals surface area contributed by atoms with Gasteiger partial charge in [0.05, 0.1) is 19.7 Å². The summed E-state index contributed by atoms with van der Waals surface area (Å²) in [5, 5.41) is 0. The molecule has 2 aliphatic heterocycles. The lowest BCUT2D eigenvalue weighted by atomic mass is 9.85. The lowest BCUT2D eigenvalue weighted by Crippen LogP contribution is -2.54. The Morgan fingerprint density at radius 2 is 1.78 bits per heavy atom. The average Bonchev–Trinajstić information content (AvgIpc) is 3.39. The monoisotopic (exact) mass is 498 g/mol. The molecule has 0 bridgehead atoms. The lowest BCUT2D eigenvalue weighted by Gasteiger charge is -2.30. The van der Waals surface area contributed by atoms with E-state index >= 15 is 4.39 Å². The zero-order valence-corrected chi connectivity index (χ0v) is 20.9. The first kappa shape index (κ1) is 25.5. The third-order valence-electron chi connectivity index (χ3n) is 6.40. The summed E-state index contributed by atoms with van der Waals surface area (Å²) in [6.45, 7) is 4.48. The van der Waals surface area contributed by atoms with Crippen LogP contribution in [-0.4, -0.2) is 72.0 Å². The van der Waals surface area contributed by atoms with Gasteiger partial charge in [-0.3, -0.25) is 4.79 Å². The van der Waals surface area contributed by atoms with Crippen molar-refractivity contribution in [2.75, 3.05) is 26.8 Å². The van der Waals surface area contributed by atoms with Crippen molar-refractivity contribution in [2.24, 2.45) is 0 Å². The molecule has 0 saturated carbocycles. The molecular formula is C27H31FN2O6. The molecule has 8 nitrogen and oxygen atoms in total. The van der Waals surface area contributed by atoms with Gasteiger partial charge in [-0.15, -0.1) is 0 Å². The van der Waals surface area contributed by atoms with E-state index in [0.717, 1.165) is 10.5 Å². The molecule has 2 fully saturated rings. The first-order valence-electron chi connectivity index (χ1n) is 11.9. The number of amides is 3. The number of nitrogens with zero attached hydrogens (tertiary/aromatic N) is 2. The second-order valence-corrected chi connectivity index (χ2v) is 10.1. The summed E-state index contributed by atoms with van der Waals surface area (Å²) >= 11 is 0. The Morgan fingerprint density at radius 3 is 2.39 bits per heavy atom. The van der Waals surface area contributed by atoms with Gasteiger partial charge >= 0.3 is 12.2 Å². The van der Waals surface area contributed by atoms with Gasteiger partial charge in [-0.1, -0.05) is 42.5 Å². The van der Waals surface area contributed by atoms with Crippen molar-refractivity contribution >= 4 is 18.1 Å². The molecule has 3 atom stereocenters. The number of likely N-dealkylation sites (tertiary alicyclic amines) is 1. The second kappa shape index (κ2) is 9.79. The fourth-order valence-electron chi connectivity index (χ4n) is 4.65. The molecule has 2 aromatic rings. The average molecular weight is 499 g/mol. The van der Waals surface area contributed by atoms with Crippen molar-refractivity contribution in [3.05, 3.63) is 65.7 Å². The Bertz CT molecular complexity index is 1120. The van der Waals surface area contributed by atoms with E-state index in [1.54, 1.807) is 45.0 Å². The molecule has 0 spiro atoms. The Hall–Kier alpha value is -3.62. The number of methoxy groups -OCH3 is 1. The molecule has 0 radical (unpaired) electrons. The number of halogens is 1. The van der Waals surface area contributed by atoms with Crippen LogP contribution < -0.4 is 4.74 Å². The Balaban J connectivity index is 1.66. The summed E-state index contributed by atoms with van der Waals surface area (Å²) < 4.78 is 32.7. The highest BCUT2D eigenvalue weighted by molar-refractivity contribution is 5.99. The van der Waals surface area contributed by atoms with E-state index in [2.05, 4.69) is 0 Å². The molecule has 2 aliphatic rings. The molecule has 3 amide bonds. The minimum atomic E-state index is -2.57. The lowest BCUT2D eigenvalue weighted by molar-refractivity contribution is -0.141. The van der Waals surface area contributed by atoms with Gasteiger partial charge in [0.25, 0.3) is 5.91 Å². The molecule has 0 N–H and O–H groups in total. The topological polar surface area (TPSA) is 85.4 Å². The third kappa shape index (κ3) is 5.15. The Kier molecular flexibility index (Phi) is 6.93. The number of alkyl halides is 1. The van der Waals surface area contributed by atoms with Crippen LogP contribution in [0.25, 0.3) is 0 Å². The first-order valence-corrected chi connectivity index (χ1v) is 11.9. The van der Waals surface area contributed by atoms with Crippen molar-refractivity contribution in [1.82, 2.24) is 9.80 Å². The SMILES string of the molecule is COc1ccc([C@@H]2CN(C(=O)OC(C)(C)C)C[C@@]2(F)C(=O)N2C(=O)OC[C@H]2Cc2ccccc2)cc1. The van der Waals surface area contributed by atoms with Gasteiger partial charge in [0.15, 0.2) is 0 Å². The quantitative estimate of drug-likeness (QED) is 0.610. The standard InChI is InChI=1S/C27H31FN2O6/c1-26(2,3)36-24(32)29-15-22(19-10-12-21(34-4)13-11-19)27(28,17-29)23(31)30-20(16-35-25(30)33)14-18-8-6-5-7-9-18/h5-13,20,22H,14-17H2,1-4H3/t20-,22+,27+/m1/s1. The Morgan fingerprint density at radius 1 is 1.11 bits per heavy atom. The predicted octanol–water partition coefficient (Wildman–Crippen LogP) is 4.33. The minimum Gasteiger partial charge on any atom is -0.497 e. The van der Waals surface area contributed by atoms with E-state index in [1.807, 2.05) is 30.3 Å². The number of hydrogen-bond donors (Lipinski definition) is 0. The van der Waals surface area contributed by atoms with Crippen molar-refractivity contribution in [1.29, 1.82) is 0 Å². The second-order valence-electron chi connectivity index (χ2n) is 10.1. The van der Waals surface area contributed by atoms with Crippen LogP contribution in [-0.2, 0) is 20.7 Å². The van der Waals surface area contributed by atoms with Crippen LogP contribution in [0.3, 0.4) is 0 Å². The van der Waals surface area contributed by atoms with E-state index in [-0.39, 0.29) is 13.2 Å². The highest BCUT2D eigenvalue weighted by atomic mass is 19.1. The van der Waals surface area contributed by atoms with Crippen LogP contribution in [0, 0.1) is 0 Å². The first-order chi connectivity index (χ1) is 17.0. The molecule has 0 unspecified atom stereocenters. The van der Waals surface area contributed by atoms with Gasteiger partial charge in [0, 0.05) is 12.5 Å². The number of carbonyl (C=O) groups is 3. The van der Waals surface area contributed by atoms with E-state index in [4.69, 9.17) is 14.2 Å². The number of rotatable bonds is 5. The molecule has 0 aliphatic carbocycles. The molecule has 2 aromatic carbocycles. The molecule has 9 heteroatoms. The van der Waals surface area contributed by atoms with Gasteiger partial charge in [-0.05, 0) is 50.5 Å². The van der Waals surface area contributed by atoms with Crippen LogP contribution in [0.4, 0.5) is 14.0 Å². The van der Waals surface area contributed by atoms with Crippen molar-refractivity contribution in [3.8, 4) is 5.75 Å². The molecule has 2 heterocycles. The fraction of sp³-hybridized carbons (Fsp3) is 0.444. The number of ether oxygens (including phenoxy) is 3. The van der Waals surface area contributed by atoms with Crippen molar-refractivity contribution < 1.29 is 33.0 Å². The van der Waals surface area contributed by atoms with Gasteiger partial charge in [-0.25, -0.2) is 18.9 Å². The molecule has 192 valence electrons. The van der Waals surface area contributed by atoms with E-state index in [1.165, 1.54) is 12.0 Å². The number of carbonyl (C=O) groups excluding carboxylic acids is 3. The van der Waals surface area contributed by atoms with Gasteiger partial charge in [0.2, 0.25) is 5.67 Å². The highest BCUT2D eigenvalue weighted by Crippen LogP contribution is 2.42. The maximum absolute atomic E-state index is 16.9. The number of benzene rings is 2. The molecule has 4 rings (SSSR count). The molecule has 36 heavy (non-hydrogen) atoms. The normalized spacial score (nSPS) is 24.0. The summed E-state index contributed by atoms with van der Waals surface area (Å²) in [5.41, 5.74) is -1.97. The minimum absolute atomic E-state index is 0.0292. The van der Waals surface area contributed by atoms with E-state index in [9.17, 15) is 14.4 Å². The number of imide groups is 1. The Labute approximate surface area is 209 Å². The van der Waals surface area contributed by atoms with Crippen LogP contribution in [0.2, 0.25) is 0 Å². The highest BCUT2D eigenvalue weighted by Gasteiger charge is 2.59. The zero-order valence-electron chi connectivity index (χ0n) is 20.9. The summed E-state index contributed by atoms with van der Waals surface area (Å²) in [6.07, 6.45) is -1.28. The van der Waals surface area contributed by atoms with Crippen LogP contribution in [0.15, 0.2) is 54.6 Å². The maximum atomic E-state index is 16.9. The fourth-order valence-corrected chi connectivity index (χ4v) is 4.65. The molecule has 0 aromatic heterocycles. The summed E-state index contributed by atoms with van der Waals surface area (Å²) in [6, 6.07) is 15.3. The van der Waals surface area contributed by atoms with Gasteiger partial charge < -0.3 is 19.1 Å². The largest absolute Gasteiger partial charge is 0.497 e. The van der Waals surface area contributed by atoms with Crippen LogP contribution >= 0.6 is 0 Å². The number of cyclic esters (lactones) is 1. The smallest absolute Gasteiger partial charge is 0.417 e. The molecular weight excluding hydrogens is 467 g/mol. The van der Waals surface area contributed by atoms with Crippen LogP contribution in [0.5, 0.6) is 5.75 Å². The summed E-state index contributed by atoms with van der Waals surface area (Å²) in [4.78, 5) is 41.3. The van der Waals surface area contributed by atoms with Crippen molar-refractivity contribution in [2.45, 2.75) is 50.4 Å². The maximum Gasteiger partial charge on any atom is 0.417 e. The molecule has 2 saturated heterocycles. The summed E-state index contributed by atoms with van der Waals surface area (Å²) in [5.74, 6) is -1.46. The third-order valence-corrected chi connectivity index (χ3v) is 6.40. The van der Waals surface area contributed by atoms with E-state index in [0.29, 0.717) is 17.7 Å².